The monoisotopic (exact) mass is 259 g/mol. The van der Waals surface area contributed by atoms with E-state index in [-0.39, 0.29) is 30.5 Å². The fourth-order valence-corrected chi connectivity index (χ4v) is 2.06. The number of rotatable bonds is 6. The average molecular weight is 259 g/mol. The minimum absolute atomic E-state index is 0.00739. The van der Waals surface area contributed by atoms with Crippen LogP contribution in [0.3, 0.4) is 0 Å². The Hall–Kier alpha value is -1.57. The molecule has 0 aliphatic carbocycles. The molecule has 0 radical (unpaired) electrons. The van der Waals surface area contributed by atoms with Gasteiger partial charge in [-0.15, -0.1) is 0 Å². The van der Waals surface area contributed by atoms with Crippen LogP contribution in [-0.4, -0.2) is 39.9 Å². The highest BCUT2D eigenvalue weighted by molar-refractivity contribution is 8.15. The molecule has 0 aromatic carbocycles. The molecule has 1 heterocycles. The van der Waals surface area contributed by atoms with Crippen molar-refractivity contribution in [2.75, 3.05) is 6.54 Å². The van der Waals surface area contributed by atoms with Crippen LogP contribution >= 0.6 is 11.8 Å². The van der Waals surface area contributed by atoms with Crippen molar-refractivity contribution in [3.63, 3.8) is 0 Å². The smallest absolute Gasteiger partial charge is 0.303 e. The van der Waals surface area contributed by atoms with Crippen molar-refractivity contribution in [2.24, 2.45) is 10.7 Å². The van der Waals surface area contributed by atoms with E-state index in [0.717, 1.165) is 11.8 Å². The van der Waals surface area contributed by atoms with E-state index < -0.39 is 17.1 Å². The second kappa shape index (κ2) is 6.24. The number of nitrogens with zero attached hydrogens (tertiary/aromatic N) is 1. The number of aliphatic imine (C=N–C) groups is 1. The molecular formula is C9H13N3O4S. The number of aliphatic carboxylic acids is 1. The van der Waals surface area contributed by atoms with E-state index in [4.69, 9.17) is 10.8 Å². The van der Waals surface area contributed by atoms with Crippen LogP contribution in [-0.2, 0) is 14.4 Å². The maximum Gasteiger partial charge on any atom is 0.303 e. The second-order valence-corrected chi connectivity index (χ2v) is 4.67. The summed E-state index contributed by atoms with van der Waals surface area (Å²) in [5.74, 6) is -1.60. The number of nitrogens with one attached hydrogen (secondary N) is 1. The van der Waals surface area contributed by atoms with E-state index in [9.17, 15) is 14.4 Å². The van der Waals surface area contributed by atoms with E-state index in [1.54, 1.807) is 0 Å². The number of hydrogen-bond acceptors (Lipinski definition) is 5. The number of carbonyl (C=O) groups is 3. The van der Waals surface area contributed by atoms with Crippen molar-refractivity contribution in [1.82, 2.24) is 5.32 Å². The largest absolute Gasteiger partial charge is 0.481 e. The predicted octanol–water partition coefficient (Wildman–Crippen LogP) is -0.686. The zero-order valence-corrected chi connectivity index (χ0v) is 9.83. The molecule has 0 saturated heterocycles. The summed E-state index contributed by atoms with van der Waals surface area (Å²) in [5.41, 5.74) is 5.34. The number of thioether (sulfide) groups is 1. The Morgan fingerprint density at radius 1 is 1.53 bits per heavy atom. The molecule has 0 saturated carbocycles. The molecular weight excluding hydrogens is 246 g/mol. The van der Waals surface area contributed by atoms with Crippen molar-refractivity contribution in [3.8, 4) is 0 Å². The first-order chi connectivity index (χ1) is 7.99. The average Bonchev–Trinajstić information content (AvgIpc) is 2.52. The standard InChI is InChI=1S/C9H13N3O4S/c10-9-12-8(16)5(17-9)4-6(13)11-3-1-2-7(14)15/h5H,1-4H2,(H,11,13)(H,14,15)(H2,10,12,16)/t5-/m0/s1. The Balaban J connectivity index is 2.18. The molecule has 0 unspecified atom stereocenters. The molecule has 0 fully saturated rings. The molecule has 0 spiro atoms. The van der Waals surface area contributed by atoms with Gasteiger partial charge in [-0.25, -0.2) is 0 Å². The van der Waals surface area contributed by atoms with Crippen LogP contribution in [0.15, 0.2) is 4.99 Å². The van der Waals surface area contributed by atoms with Gasteiger partial charge in [0.15, 0.2) is 5.17 Å². The maximum absolute atomic E-state index is 11.4. The van der Waals surface area contributed by atoms with Gasteiger partial charge in [0, 0.05) is 19.4 Å². The van der Waals surface area contributed by atoms with Gasteiger partial charge in [0.25, 0.3) is 5.91 Å². The van der Waals surface area contributed by atoms with Gasteiger partial charge >= 0.3 is 5.97 Å². The molecule has 8 heteroatoms. The summed E-state index contributed by atoms with van der Waals surface area (Å²) in [6, 6.07) is 0. The van der Waals surface area contributed by atoms with Gasteiger partial charge in [-0.1, -0.05) is 11.8 Å². The van der Waals surface area contributed by atoms with Crippen molar-refractivity contribution in [3.05, 3.63) is 0 Å². The molecule has 0 bridgehead atoms. The quantitative estimate of drug-likeness (QED) is 0.543. The molecule has 1 atom stereocenters. The van der Waals surface area contributed by atoms with Crippen LogP contribution in [0.4, 0.5) is 0 Å². The van der Waals surface area contributed by atoms with Crippen molar-refractivity contribution >= 4 is 34.7 Å². The first-order valence-corrected chi connectivity index (χ1v) is 5.90. The van der Waals surface area contributed by atoms with Crippen LogP contribution in [0.1, 0.15) is 19.3 Å². The minimum Gasteiger partial charge on any atom is -0.481 e. The third-order valence-corrected chi connectivity index (χ3v) is 3.00. The number of nitrogens with two attached hydrogens (primary N) is 1. The van der Waals surface area contributed by atoms with Gasteiger partial charge in [-0.3, -0.25) is 14.4 Å². The topological polar surface area (TPSA) is 122 Å². The van der Waals surface area contributed by atoms with Gasteiger partial charge < -0.3 is 16.2 Å². The Labute approximate surface area is 102 Å². The Morgan fingerprint density at radius 2 is 2.24 bits per heavy atom. The van der Waals surface area contributed by atoms with E-state index >= 15 is 0 Å². The number of amidine groups is 1. The normalized spacial score (nSPS) is 18.9. The summed E-state index contributed by atoms with van der Waals surface area (Å²) in [6.07, 6.45) is 0.389. The summed E-state index contributed by atoms with van der Waals surface area (Å²) in [7, 11) is 0. The van der Waals surface area contributed by atoms with Gasteiger partial charge in [-0.05, 0) is 6.42 Å². The highest BCUT2D eigenvalue weighted by Gasteiger charge is 2.28. The number of carboxylic acids is 1. The van der Waals surface area contributed by atoms with Crippen LogP contribution in [0, 0.1) is 0 Å². The summed E-state index contributed by atoms with van der Waals surface area (Å²) >= 11 is 1.07. The van der Waals surface area contributed by atoms with Gasteiger partial charge in [0.2, 0.25) is 5.91 Å². The lowest BCUT2D eigenvalue weighted by molar-refractivity contribution is -0.137. The number of carbonyl (C=O) groups excluding carboxylic acids is 2. The third-order valence-electron chi connectivity index (χ3n) is 2.02. The fraction of sp³-hybridized carbons (Fsp3) is 0.556. The van der Waals surface area contributed by atoms with E-state index in [1.807, 2.05) is 0 Å². The van der Waals surface area contributed by atoms with Gasteiger partial charge in [0.1, 0.15) is 5.25 Å². The Morgan fingerprint density at radius 3 is 2.76 bits per heavy atom. The van der Waals surface area contributed by atoms with Crippen LogP contribution < -0.4 is 11.1 Å². The first kappa shape index (κ1) is 13.5. The predicted molar refractivity (Wildman–Crippen MR) is 62.5 cm³/mol. The Kier molecular flexibility index (Phi) is 4.95. The van der Waals surface area contributed by atoms with Crippen LogP contribution in [0.5, 0.6) is 0 Å². The molecule has 94 valence electrons. The molecule has 2 amide bonds. The molecule has 1 rings (SSSR count). The van der Waals surface area contributed by atoms with Gasteiger partial charge in [0.05, 0.1) is 0 Å². The summed E-state index contributed by atoms with van der Waals surface area (Å²) in [6.45, 7) is 0.285. The van der Waals surface area contributed by atoms with E-state index in [2.05, 4.69) is 10.3 Å². The lowest BCUT2D eigenvalue weighted by Gasteiger charge is -2.06. The van der Waals surface area contributed by atoms with Crippen molar-refractivity contribution in [2.45, 2.75) is 24.5 Å². The van der Waals surface area contributed by atoms with Crippen molar-refractivity contribution in [1.29, 1.82) is 0 Å². The molecule has 1 aliphatic rings. The van der Waals surface area contributed by atoms with E-state index in [1.165, 1.54) is 0 Å². The highest BCUT2D eigenvalue weighted by Crippen LogP contribution is 2.22. The molecule has 1 aliphatic heterocycles. The SMILES string of the molecule is NC1=NC(=O)[C@H](CC(=O)NCCCC(=O)O)S1. The molecule has 0 aromatic heterocycles. The summed E-state index contributed by atoms with van der Waals surface area (Å²) in [4.78, 5) is 36.3. The minimum atomic E-state index is -0.901. The maximum atomic E-state index is 11.4. The first-order valence-electron chi connectivity index (χ1n) is 5.02. The fourth-order valence-electron chi connectivity index (χ4n) is 1.24. The van der Waals surface area contributed by atoms with E-state index in [0.29, 0.717) is 6.42 Å². The summed E-state index contributed by atoms with van der Waals surface area (Å²) < 4.78 is 0. The molecule has 7 nitrogen and oxygen atoms in total. The molecule has 17 heavy (non-hydrogen) atoms. The zero-order chi connectivity index (χ0) is 12.8. The molecule has 4 N–H and O–H groups in total. The number of amides is 2. The zero-order valence-electron chi connectivity index (χ0n) is 9.01. The van der Waals surface area contributed by atoms with Gasteiger partial charge in [-0.2, -0.15) is 4.99 Å². The Bertz CT molecular complexity index is 369. The third kappa shape index (κ3) is 4.85. The second-order valence-electron chi connectivity index (χ2n) is 3.45. The number of hydrogen-bond donors (Lipinski definition) is 3. The lowest BCUT2D eigenvalue weighted by Crippen LogP contribution is -2.29. The number of carboxylic acid groups (broad SMARTS) is 1. The van der Waals surface area contributed by atoms with Crippen LogP contribution in [0.2, 0.25) is 0 Å². The lowest BCUT2D eigenvalue weighted by atomic mass is 10.2. The summed E-state index contributed by atoms with van der Waals surface area (Å²) in [5, 5.41) is 10.6. The molecule has 0 aromatic rings. The van der Waals surface area contributed by atoms with Crippen LogP contribution in [0.25, 0.3) is 0 Å². The van der Waals surface area contributed by atoms with Crippen molar-refractivity contribution < 1.29 is 19.5 Å². The highest BCUT2D eigenvalue weighted by atomic mass is 32.2.